The van der Waals surface area contributed by atoms with Gasteiger partial charge in [0.05, 0.1) is 5.52 Å². The molecule has 168 valence electrons. The van der Waals surface area contributed by atoms with E-state index in [-0.39, 0.29) is 5.91 Å². The van der Waals surface area contributed by atoms with Gasteiger partial charge in [-0.25, -0.2) is 15.0 Å². The first-order valence-corrected chi connectivity index (χ1v) is 11.0. The van der Waals surface area contributed by atoms with Gasteiger partial charge in [-0.15, -0.1) is 0 Å². The molecule has 0 saturated heterocycles. The summed E-state index contributed by atoms with van der Waals surface area (Å²) in [6.45, 7) is 4.01. The first-order chi connectivity index (χ1) is 16.5. The molecule has 0 atom stereocenters. The number of hydrogen-bond donors (Lipinski definition) is 2. The van der Waals surface area contributed by atoms with E-state index in [4.69, 9.17) is 9.97 Å². The SMILES string of the molecule is Cc1cccc(NC(=O)c2cccc(-c3nc(Nc4cc(C)ccn4)c4c(ccn4C)n3)c2)c1. The van der Waals surface area contributed by atoms with Gasteiger partial charge in [-0.3, -0.25) is 4.79 Å². The Balaban J connectivity index is 1.51. The molecule has 34 heavy (non-hydrogen) atoms. The van der Waals surface area contributed by atoms with E-state index in [1.807, 2.05) is 92.3 Å². The van der Waals surface area contributed by atoms with E-state index in [1.165, 1.54) is 0 Å². The summed E-state index contributed by atoms with van der Waals surface area (Å²) in [5.74, 6) is 1.70. The van der Waals surface area contributed by atoms with Gasteiger partial charge >= 0.3 is 0 Å². The van der Waals surface area contributed by atoms with Crippen molar-refractivity contribution in [2.24, 2.45) is 7.05 Å². The van der Waals surface area contributed by atoms with Crippen molar-refractivity contribution in [2.75, 3.05) is 10.6 Å². The van der Waals surface area contributed by atoms with Gasteiger partial charge < -0.3 is 15.2 Å². The fraction of sp³-hybridized carbons (Fsp3) is 0.111. The minimum Gasteiger partial charge on any atom is -0.346 e. The third-order valence-corrected chi connectivity index (χ3v) is 5.54. The Labute approximate surface area is 197 Å². The van der Waals surface area contributed by atoms with E-state index in [2.05, 4.69) is 15.6 Å². The minimum atomic E-state index is -0.185. The molecule has 0 unspecified atom stereocenters. The minimum absolute atomic E-state index is 0.185. The predicted molar refractivity (Wildman–Crippen MR) is 135 cm³/mol. The second kappa shape index (κ2) is 8.78. The molecule has 0 aliphatic carbocycles. The Morgan fingerprint density at radius 2 is 1.74 bits per heavy atom. The smallest absolute Gasteiger partial charge is 0.255 e. The highest BCUT2D eigenvalue weighted by atomic mass is 16.1. The van der Waals surface area contributed by atoms with Crippen LogP contribution in [0.4, 0.5) is 17.3 Å². The van der Waals surface area contributed by atoms with E-state index < -0.39 is 0 Å². The zero-order valence-electron chi connectivity index (χ0n) is 19.2. The highest BCUT2D eigenvalue weighted by Gasteiger charge is 2.15. The fourth-order valence-electron chi connectivity index (χ4n) is 3.86. The van der Waals surface area contributed by atoms with Crippen molar-refractivity contribution in [1.29, 1.82) is 0 Å². The lowest BCUT2D eigenvalue weighted by Crippen LogP contribution is -2.12. The highest BCUT2D eigenvalue weighted by Crippen LogP contribution is 2.28. The van der Waals surface area contributed by atoms with Gasteiger partial charge in [0.25, 0.3) is 5.91 Å². The summed E-state index contributed by atoms with van der Waals surface area (Å²) in [5.41, 5.74) is 5.90. The maximum Gasteiger partial charge on any atom is 0.255 e. The highest BCUT2D eigenvalue weighted by molar-refractivity contribution is 6.05. The molecule has 0 saturated carbocycles. The fourth-order valence-corrected chi connectivity index (χ4v) is 3.86. The third kappa shape index (κ3) is 4.36. The van der Waals surface area contributed by atoms with E-state index in [9.17, 15) is 4.79 Å². The number of pyridine rings is 1. The van der Waals surface area contributed by atoms with Crippen LogP contribution in [0.1, 0.15) is 21.5 Å². The number of carbonyl (C=O) groups is 1. The van der Waals surface area contributed by atoms with Crippen molar-refractivity contribution in [3.05, 3.63) is 95.8 Å². The Morgan fingerprint density at radius 3 is 2.56 bits per heavy atom. The van der Waals surface area contributed by atoms with E-state index >= 15 is 0 Å². The first kappa shape index (κ1) is 21.3. The molecular formula is C27H24N6O. The number of amides is 1. The summed E-state index contributed by atoms with van der Waals surface area (Å²) in [7, 11) is 1.95. The Morgan fingerprint density at radius 1 is 0.912 bits per heavy atom. The number of anilines is 3. The summed E-state index contributed by atoms with van der Waals surface area (Å²) < 4.78 is 1.98. The maximum atomic E-state index is 12.9. The lowest BCUT2D eigenvalue weighted by molar-refractivity contribution is 0.102. The van der Waals surface area contributed by atoms with E-state index in [1.54, 1.807) is 12.3 Å². The van der Waals surface area contributed by atoms with Gasteiger partial charge in [0, 0.05) is 36.3 Å². The molecule has 7 heteroatoms. The summed E-state index contributed by atoms with van der Waals surface area (Å²) in [6.07, 6.45) is 3.71. The Hall–Kier alpha value is -4.52. The van der Waals surface area contributed by atoms with Crippen LogP contribution in [0.15, 0.2) is 79.1 Å². The standard InChI is InChI=1S/C27H24N6O/c1-17-6-4-9-21(14-17)29-27(34)20-8-5-7-19(16-20)25-30-22-11-13-33(3)24(22)26(32-25)31-23-15-18(2)10-12-28-23/h4-16H,1-3H3,(H,29,34)(H,28,30,31,32). The Bertz CT molecular complexity index is 1520. The number of aromatic nitrogens is 4. The number of nitrogens with one attached hydrogen (secondary N) is 2. The van der Waals surface area contributed by atoms with E-state index in [0.717, 1.165) is 33.4 Å². The number of aryl methyl sites for hydroxylation is 3. The number of rotatable bonds is 5. The first-order valence-electron chi connectivity index (χ1n) is 11.0. The lowest BCUT2D eigenvalue weighted by atomic mass is 10.1. The largest absolute Gasteiger partial charge is 0.346 e. The summed E-state index contributed by atoms with van der Waals surface area (Å²) in [5, 5.41) is 6.29. The second-order valence-corrected chi connectivity index (χ2v) is 8.30. The van der Waals surface area contributed by atoms with Crippen molar-refractivity contribution in [3.63, 3.8) is 0 Å². The van der Waals surface area contributed by atoms with Gasteiger partial charge in [-0.1, -0.05) is 24.3 Å². The number of fused-ring (bicyclic) bond motifs is 1. The molecule has 0 aliphatic rings. The number of hydrogen-bond acceptors (Lipinski definition) is 5. The Kier molecular flexibility index (Phi) is 5.51. The molecule has 3 heterocycles. The summed E-state index contributed by atoms with van der Waals surface area (Å²) in [6, 6.07) is 20.9. The lowest BCUT2D eigenvalue weighted by Gasteiger charge is -2.11. The second-order valence-electron chi connectivity index (χ2n) is 8.30. The van der Waals surface area contributed by atoms with Crippen LogP contribution >= 0.6 is 0 Å². The van der Waals surface area contributed by atoms with Crippen LogP contribution in [0.3, 0.4) is 0 Å². The molecule has 3 aromatic heterocycles. The molecule has 5 aromatic rings. The van der Waals surface area contributed by atoms with Gasteiger partial charge in [0.2, 0.25) is 0 Å². The van der Waals surface area contributed by atoms with Crippen molar-refractivity contribution in [2.45, 2.75) is 13.8 Å². The van der Waals surface area contributed by atoms with Crippen LogP contribution in [0.25, 0.3) is 22.4 Å². The molecule has 0 radical (unpaired) electrons. The van der Waals surface area contributed by atoms with Crippen LogP contribution in [0, 0.1) is 13.8 Å². The van der Waals surface area contributed by atoms with Crippen molar-refractivity contribution in [3.8, 4) is 11.4 Å². The molecule has 1 amide bonds. The monoisotopic (exact) mass is 448 g/mol. The number of carbonyl (C=O) groups excluding carboxylic acids is 1. The maximum absolute atomic E-state index is 12.9. The van der Waals surface area contributed by atoms with Crippen LogP contribution in [0.2, 0.25) is 0 Å². The predicted octanol–water partition coefficient (Wildman–Crippen LogP) is 5.64. The topological polar surface area (TPSA) is 84.7 Å². The molecule has 5 rings (SSSR count). The van der Waals surface area contributed by atoms with Crippen LogP contribution in [-0.2, 0) is 7.05 Å². The molecule has 0 bridgehead atoms. The van der Waals surface area contributed by atoms with Crippen LogP contribution in [-0.4, -0.2) is 25.4 Å². The van der Waals surface area contributed by atoms with Crippen molar-refractivity contribution >= 4 is 34.3 Å². The molecule has 0 aliphatic heterocycles. The molecule has 7 nitrogen and oxygen atoms in total. The van der Waals surface area contributed by atoms with Gasteiger partial charge in [-0.05, 0) is 67.4 Å². The van der Waals surface area contributed by atoms with E-state index in [0.29, 0.717) is 23.0 Å². The quantitative estimate of drug-likeness (QED) is 0.363. The molecule has 0 spiro atoms. The normalized spacial score (nSPS) is 10.9. The zero-order chi connectivity index (χ0) is 23.7. The average molecular weight is 449 g/mol. The van der Waals surface area contributed by atoms with Crippen LogP contribution in [0.5, 0.6) is 0 Å². The average Bonchev–Trinajstić information content (AvgIpc) is 3.20. The molecule has 2 aromatic carbocycles. The molecule has 2 N–H and O–H groups in total. The van der Waals surface area contributed by atoms with Crippen molar-refractivity contribution < 1.29 is 4.79 Å². The van der Waals surface area contributed by atoms with Gasteiger partial charge in [0.1, 0.15) is 11.3 Å². The number of nitrogens with zero attached hydrogens (tertiary/aromatic N) is 4. The number of benzene rings is 2. The molecular weight excluding hydrogens is 424 g/mol. The zero-order valence-corrected chi connectivity index (χ0v) is 19.2. The van der Waals surface area contributed by atoms with Crippen LogP contribution < -0.4 is 10.6 Å². The van der Waals surface area contributed by atoms with Gasteiger partial charge in [-0.2, -0.15) is 0 Å². The summed E-state index contributed by atoms with van der Waals surface area (Å²) in [4.78, 5) is 26.9. The van der Waals surface area contributed by atoms with Gasteiger partial charge in [0.15, 0.2) is 11.6 Å². The molecule has 0 fully saturated rings. The van der Waals surface area contributed by atoms with Crippen molar-refractivity contribution in [1.82, 2.24) is 19.5 Å². The summed E-state index contributed by atoms with van der Waals surface area (Å²) >= 11 is 0. The third-order valence-electron chi connectivity index (χ3n) is 5.54.